The smallest absolute Gasteiger partial charge is 0.196 e. The number of para-hydroxylation sites is 1. The molecule has 1 heterocycles. The average molecular weight is 265 g/mol. The predicted octanol–water partition coefficient (Wildman–Crippen LogP) is 3.18. The van der Waals surface area contributed by atoms with Crippen molar-refractivity contribution >= 4 is 11.6 Å². The van der Waals surface area contributed by atoms with Crippen LogP contribution in [-0.4, -0.2) is 12.5 Å². The number of aryl methyl sites for hydroxylation is 2. The molecule has 0 aromatic heterocycles. The summed E-state index contributed by atoms with van der Waals surface area (Å²) < 4.78 is 0. The lowest BCUT2D eigenvalue weighted by Gasteiger charge is -2.27. The topological polar surface area (TPSA) is 41.6 Å². The molecule has 3 heteroatoms. The van der Waals surface area contributed by atoms with E-state index in [4.69, 9.17) is 5.73 Å². The summed E-state index contributed by atoms with van der Waals surface area (Å²) in [5.74, 6) is 0.598. The minimum absolute atomic E-state index is 0.191. The van der Waals surface area contributed by atoms with Gasteiger partial charge in [-0.1, -0.05) is 47.5 Å². The van der Waals surface area contributed by atoms with Gasteiger partial charge in [-0.25, -0.2) is 0 Å². The van der Waals surface area contributed by atoms with Crippen molar-refractivity contribution in [2.75, 3.05) is 11.4 Å². The van der Waals surface area contributed by atoms with Crippen molar-refractivity contribution in [2.45, 2.75) is 19.9 Å². The molecule has 1 unspecified atom stereocenters. The molecule has 0 saturated heterocycles. The minimum atomic E-state index is 0.191. The first-order chi connectivity index (χ1) is 9.65. The Morgan fingerprint density at radius 2 is 1.70 bits per heavy atom. The van der Waals surface area contributed by atoms with E-state index < -0.39 is 0 Å². The fraction of sp³-hybridized carbons (Fsp3) is 0.235. The first-order valence-corrected chi connectivity index (χ1v) is 6.87. The third-order valence-electron chi connectivity index (χ3n) is 3.65. The van der Waals surface area contributed by atoms with Gasteiger partial charge in [-0.15, -0.1) is 0 Å². The highest BCUT2D eigenvalue weighted by Crippen LogP contribution is 2.31. The first kappa shape index (κ1) is 12.7. The van der Waals surface area contributed by atoms with Gasteiger partial charge in [0.25, 0.3) is 0 Å². The first-order valence-electron chi connectivity index (χ1n) is 6.87. The fourth-order valence-electron chi connectivity index (χ4n) is 2.86. The van der Waals surface area contributed by atoms with Crippen LogP contribution in [0.25, 0.3) is 0 Å². The van der Waals surface area contributed by atoms with E-state index in [0.717, 1.165) is 5.69 Å². The summed E-state index contributed by atoms with van der Waals surface area (Å²) in [5.41, 5.74) is 11.0. The largest absolute Gasteiger partial charge is 0.369 e. The number of rotatable bonds is 2. The Kier molecular flexibility index (Phi) is 3.18. The molecule has 1 aliphatic heterocycles. The molecule has 0 aliphatic carbocycles. The van der Waals surface area contributed by atoms with E-state index in [1.165, 1.54) is 16.7 Å². The number of nitrogens with two attached hydrogens (primary N) is 1. The lowest BCUT2D eigenvalue weighted by molar-refractivity contribution is 0.767. The van der Waals surface area contributed by atoms with Gasteiger partial charge < -0.3 is 10.6 Å². The van der Waals surface area contributed by atoms with Crippen LogP contribution in [0.5, 0.6) is 0 Å². The zero-order chi connectivity index (χ0) is 14.1. The van der Waals surface area contributed by atoms with E-state index >= 15 is 0 Å². The standard InChI is InChI=1S/C17H19N3/c1-12-8-13(2)10-14(9-12)16-11-19-17(18)20(16)15-6-4-3-5-7-15/h3-10,16H,11H2,1-2H3,(H2,18,19). The number of benzene rings is 2. The lowest BCUT2D eigenvalue weighted by Crippen LogP contribution is -2.36. The molecule has 2 N–H and O–H groups in total. The molecule has 2 aromatic carbocycles. The highest BCUT2D eigenvalue weighted by atomic mass is 15.3. The molecule has 2 aromatic rings. The second-order valence-electron chi connectivity index (χ2n) is 5.34. The molecule has 102 valence electrons. The van der Waals surface area contributed by atoms with Gasteiger partial charge in [0.05, 0.1) is 12.6 Å². The number of hydrogen-bond donors (Lipinski definition) is 1. The molecular formula is C17H19N3. The van der Waals surface area contributed by atoms with Crippen LogP contribution >= 0.6 is 0 Å². The van der Waals surface area contributed by atoms with E-state index in [9.17, 15) is 0 Å². The summed E-state index contributed by atoms with van der Waals surface area (Å²) in [7, 11) is 0. The van der Waals surface area contributed by atoms with Gasteiger partial charge >= 0.3 is 0 Å². The molecule has 0 amide bonds. The zero-order valence-corrected chi connectivity index (χ0v) is 11.9. The Balaban J connectivity index is 2.01. The molecule has 0 spiro atoms. The van der Waals surface area contributed by atoms with E-state index in [1.807, 2.05) is 18.2 Å². The van der Waals surface area contributed by atoms with E-state index in [0.29, 0.717) is 12.5 Å². The second kappa shape index (κ2) is 5.00. The van der Waals surface area contributed by atoms with Crippen LogP contribution in [0.2, 0.25) is 0 Å². The monoisotopic (exact) mass is 265 g/mol. The van der Waals surface area contributed by atoms with Crippen molar-refractivity contribution in [1.29, 1.82) is 0 Å². The van der Waals surface area contributed by atoms with Gasteiger partial charge in [-0.3, -0.25) is 4.99 Å². The maximum absolute atomic E-state index is 6.09. The lowest BCUT2D eigenvalue weighted by atomic mass is 10.0. The molecule has 1 atom stereocenters. The van der Waals surface area contributed by atoms with Gasteiger partial charge in [-0.2, -0.15) is 0 Å². The zero-order valence-electron chi connectivity index (χ0n) is 11.9. The Morgan fingerprint density at radius 3 is 2.35 bits per heavy atom. The average Bonchev–Trinajstić information content (AvgIpc) is 2.80. The number of nitrogens with zero attached hydrogens (tertiary/aromatic N) is 2. The van der Waals surface area contributed by atoms with Gasteiger partial charge in [0.1, 0.15) is 0 Å². The quantitative estimate of drug-likeness (QED) is 0.906. The van der Waals surface area contributed by atoms with Gasteiger partial charge in [0.2, 0.25) is 0 Å². The Morgan fingerprint density at radius 1 is 1.05 bits per heavy atom. The number of guanidine groups is 1. The summed E-state index contributed by atoms with van der Waals surface area (Å²) >= 11 is 0. The van der Waals surface area contributed by atoms with Gasteiger partial charge in [0, 0.05) is 5.69 Å². The summed E-state index contributed by atoms with van der Waals surface area (Å²) in [6, 6.07) is 17.0. The Bertz CT molecular complexity index is 626. The highest BCUT2D eigenvalue weighted by Gasteiger charge is 2.28. The SMILES string of the molecule is Cc1cc(C)cc(C2CN=C(N)N2c2ccccc2)c1. The van der Waals surface area contributed by atoms with Crippen molar-refractivity contribution in [1.82, 2.24) is 0 Å². The van der Waals surface area contributed by atoms with Gasteiger partial charge in [0.15, 0.2) is 5.96 Å². The highest BCUT2D eigenvalue weighted by molar-refractivity contribution is 5.97. The number of anilines is 1. The molecule has 1 aliphatic rings. The molecule has 20 heavy (non-hydrogen) atoms. The summed E-state index contributed by atoms with van der Waals surface area (Å²) in [4.78, 5) is 6.55. The minimum Gasteiger partial charge on any atom is -0.369 e. The molecule has 0 saturated carbocycles. The summed E-state index contributed by atoms with van der Waals surface area (Å²) in [5, 5.41) is 0. The number of aliphatic imine (C=N–C) groups is 1. The molecule has 0 fully saturated rings. The Hall–Kier alpha value is -2.29. The molecule has 3 rings (SSSR count). The van der Waals surface area contributed by atoms with Crippen LogP contribution in [0, 0.1) is 13.8 Å². The Labute approximate surface area is 119 Å². The maximum atomic E-state index is 6.09. The molecular weight excluding hydrogens is 246 g/mol. The molecule has 0 radical (unpaired) electrons. The normalized spacial score (nSPS) is 18.2. The number of hydrogen-bond acceptors (Lipinski definition) is 3. The predicted molar refractivity (Wildman–Crippen MR) is 84.1 cm³/mol. The summed E-state index contributed by atoms with van der Waals surface area (Å²) in [6.45, 7) is 4.97. The van der Waals surface area contributed by atoms with E-state index in [1.54, 1.807) is 0 Å². The third-order valence-corrected chi connectivity index (χ3v) is 3.65. The van der Waals surface area contributed by atoms with E-state index in [2.05, 4.69) is 54.1 Å². The molecule has 0 bridgehead atoms. The van der Waals surface area contributed by atoms with Crippen LogP contribution in [0.1, 0.15) is 22.7 Å². The van der Waals surface area contributed by atoms with Crippen LogP contribution in [-0.2, 0) is 0 Å². The van der Waals surface area contributed by atoms with Crippen molar-refractivity contribution in [3.63, 3.8) is 0 Å². The van der Waals surface area contributed by atoms with Crippen LogP contribution in [0.4, 0.5) is 5.69 Å². The summed E-state index contributed by atoms with van der Waals surface area (Å²) in [6.07, 6.45) is 0. The van der Waals surface area contributed by atoms with Crippen LogP contribution in [0.3, 0.4) is 0 Å². The third kappa shape index (κ3) is 2.27. The van der Waals surface area contributed by atoms with Crippen molar-refractivity contribution in [3.05, 3.63) is 65.2 Å². The second-order valence-corrected chi connectivity index (χ2v) is 5.34. The maximum Gasteiger partial charge on any atom is 0.196 e. The van der Waals surface area contributed by atoms with Crippen molar-refractivity contribution < 1.29 is 0 Å². The van der Waals surface area contributed by atoms with Crippen LogP contribution in [0.15, 0.2) is 53.5 Å². The fourth-order valence-corrected chi connectivity index (χ4v) is 2.86. The van der Waals surface area contributed by atoms with Gasteiger partial charge in [-0.05, 0) is 31.5 Å². The van der Waals surface area contributed by atoms with E-state index in [-0.39, 0.29) is 6.04 Å². The molecule has 3 nitrogen and oxygen atoms in total. The van der Waals surface area contributed by atoms with Crippen molar-refractivity contribution in [3.8, 4) is 0 Å². The van der Waals surface area contributed by atoms with Crippen LogP contribution < -0.4 is 10.6 Å². The van der Waals surface area contributed by atoms with Crippen molar-refractivity contribution in [2.24, 2.45) is 10.7 Å².